The molecule has 0 atom stereocenters. The Bertz CT molecular complexity index is 1050. The average Bonchev–Trinajstić information content (AvgIpc) is 3.49. The number of benzene rings is 1. The number of H-pyrrole nitrogens is 1. The van der Waals surface area contributed by atoms with Crippen LogP contribution in [0.4, 0.5) is 5.69 Å². The molecule has 7 heteroatoms. The van der Waals surface area contributed by atoms with Crippen LogP contribution >= 0.6 is 0 Å². The second kappa shape index (κ2) is 8.12. The van der Waals surface area contributed by atoms with E-state index in [0.717, 1.165) is 55.3 Å². The fourth-order valence-corrected chi connectivity index (χ4v) is 4.04. The lowest BCUT2D eigenvalue weighted by molar-refractivity contribution is 0.152. The fourth-order valence-electron chi connectivity index (χ4n) is 4.04. The van der Waals surface area contributed by atoms with Crippen molar-refractivity contribution in [3.8, 4) is 11.4 Å². The smallest absolute Gasteiger partial charge is 0.181 e. The molecule has 0 saturated carbocycles. The second-order valence-corrected chi connectivity index (χ2v) is 7.67. The molecule has 4 aromatic rings. The van der Waals surface area contributed by atoms with Crippen molar-refractivity contribution in [2.45, 2.75) is 24.9 Å². The molecule has 0 bridgehead atoms. The van der Waals surface area contributed by atoms with Crippen LogP contribution in [-0.2, 0) is 12.1 Å². The van der Waals surface area contributed by atoms with Gasteiger partial charge in [0.25, 0.3) is 0 Å². The van der Waals surface area contributed by atoms with Crippen LogP contribution in [0.1, 0.15) is 24.4 Å². The van der Waals surface area contributed by atoms with E-state index in [-0.39, 0.29) is 5.54 Å². The van der Waals surface area contributed by atoms with Crippen LogP contribution < -0.4 is 5.32 Å². The summed E-state index contributed by atoms with van der Waals surface area (Å²) >= 11 is 0. The van der Waals surface area contributed by atoms with E-state index in [9.17, 15) is 0 Å². The summed E-state index contributed by atoms with van der Waals surface area (Å²) in [5.74, 6) is 2.56. The first-order valence-corrected chi connectivity index (χ1v) is 10.2. The third kappa shape index (κ3) is 3.84. The standard InChI is InChI=1S/C23H24N6O/c1-2-5-19(6-3-1)26-23(10-14-29(15-11-23)17-20-7-4-16-30-20)22-25-21(27-28-22)18-8-12-24-13-9-18/h1-9,12-13,16,26H,10-11,14-15,17H2,(H,25,27,28). The minimum Gasteiger partial charge on any atom is -0.468 e. The van der Waals surface area contributed by atoms with Crippen molar-refractivity contribution in [2.24, 2.45) is 0 Å². The van der Waals surface area contributed by atoms with Crippen molar-refractivity contribution < 1.29 is 4.42 Å². The van der Waals surface area contributed by atoms with Crippen LogP contribution in [0.2, 0.25) is 0 Å². The Labute approximate surface area is 175 Å². The van der Waals surface area contributed by atoms with E-state index >= 15 is 0 Å². The molecule has 1 fully saturated rings. The Balaban J connectivity index is 1.41. The van der Waals surface area contributed by atoms with Gasteiger partial charge in [0.2, 0.25) is 0 Å². The molecule has 1 aliphatic rings. The molecule has 4 heterocycles. The number of nitrogens with zero attached hydrogens (tertiary/aromatic N) is 4. The largest absolute Gasteiger partial charge is 0.468 e. The third-order valence-corrected chi connectivity index (χ3v) is 5.70. The molecule has 3 aromatic heterocycles. The van der Waals surface area contributed by atoms with Crippen molar-refractivity contribution in [2.75, 3.05) is 18.4 Å². The maximum atomic E-state index is 5.53. The topological polar surface area (TPSA) is 82.9 Å². The van der Waals surface area contributed by atoms with Crippen LogP contribution in [0.15, 0.2) is 77.7 Å². The number of pyridine rings is 1. The molecule has 1 saturated heterocycles. The summed E-state index contributed by atoms with van der Waals surface area (Å²) in [6.45, 7) is 2.70. The van der Waals surface area contributed by atoms with Crippen molar-refractivity contribution in [1.82, 2.24) is 25.1 Å². The van der Waals surface area contributed by atoms with Gasteiger partial charge in [0.05, 0.1) is 18.3 Å². The molecule has 0 amide bonds. The van der Waals surface area contributed by atoms with Gasteiger partial charge in [0, 0.05) is 36.7 Å². The van der Waals surface area contributed by atoms with E-state index in [4.69, 9.17) is 9.40 Å². The number of hydrogen-bond acceptors (Lipinski definition) is 6. The SMILES string of the molecule is c1ccc(NC2(c3nc(-c4ccncc4)n[nH]3)CCN(Cc3ccco3)CC2)cc1. The summed E-state index contributed by atoms with van der Waals surface area (Å²) < 4.78 is 5.53. The van der Waals surface area contributed by atoms with E-state index < -0.39 is 0 Å². The first kappa shape index (κ1) is 18.6. The molecule has 0 spiro atoms. The molecular weight excluding hydrogens is 376 g/mol. The highest BCUT2D eigenvalue weighted by molar-refractivity contribution is 5.54. The van der Waals surface area contributed by atoms with Crippen molar-refractivity contribution in [3.63, 3.8) is 0 Å². The Morgan fingerprint density at radius 2 is 1.80 bits per heavy atom. The van der Waals surface area contributed by atoms with Crippen LogP contribution in [0.5, 0.6) is 0 Å². The summed E-state index contributed by atoms with van der Waals surface area (Å²) in [4.78, 5) is 11.4. The highest BCUT2D eigenvalue weighted by Crippen LogP contribution is 2.36. The predicted octanol–water partition coefficient (Wildman–Crippen LogP) is 4.06. The number of likely N-dealkylation sites (tertiary alicyclic amines) is 1. The maximum absolute atomic E-state index is 5.53. The molecule has 1 aromatic carbocycles. The van der Waals surface area contributed by atoms with Gasteiger partial charge in [-0.05, 0) is 49.2 Å². The molecule has 0 radical (unpaired) electrons. The third-order valence-electron chi connectivity index (χ3n) is 5.70. The molecule has 0 unspecified atom stereocenters. The molecule has 2 N–H and O–H groups in total. The zero-order chi connectivity index (χ0) is 20.2. The number of para-hydroxylation sites is 1. The molecule has 7 nitrogen and oxygen atoms in total. The number of piperidine rings is 1. The highest BCUT2D eigenvalue weighted by Gasteiger charge is 2.39. The fraction of sp³-hybridized carbons (Fsp3) is 0.261. The van der Waals surface area contributed by atoms with E-state index in [1.807, 2.05) is 42.5 Å². The van der Waals surface area contributed by atoms with Crippen LogP contribution in [0.3, 0.4) is 0 Å². The first-order chi connectivity index (χ1) is 14.8. The van der Waals surface area contributed by atoms with Gasteiger partial charge in [-0.15, -0.1) is 0 Å². The summed E-state index contributed by atoms with van der Waals surface area (Å²) in [5.41, 5.74) is 1.73. The normalized spacial score (nSPS) is 16.4. The van der Waals surface area contributed by atoms with Gasteiger partial charge in [-0.3, -0.25) is 15.0 Å². The first-order valence-electron chi connectivity index (χ1n) is 10.2. The highest BCUT2D eigenvalue weighted by atomic mass is 16.3. The lowest BCUT2D eigenvalue weighted by Gasteiger charge is -2.41. The Morgan fingerprint density at radius 3 is 2.53 bits per heavy atom. The number of aromatic nitrogens is 4. The monoisotopic (exact) mass is 400 g/mol. The predicted molar refractivity (Wildman–Crippen MR) is 115 cm³/mol. The van der Waals surface area contributed by atoms with Gasteiger partial charge < -0.3 is 9.73 Å². The quantitative estimate of drug-likeness (QED) is 0.508. The van der Waals surface area contributed by atoms with Crippen LogP contribution in [0, 0.1) is 0 Å². The minimum absolute atomic E-state index is 0.306. The summed E-state index contributed by atoms with van der Waals surface area (Å²) in [7, 11) is 0. The van der Waals surface area contributed by atoms with Crippen molar-refractivity contribution in [3.05, 3.63) is 84.8 Å². The van der Waals surface area contributed by atoms with Crippen LogP contribution in [-0.4, -0.2) is 38.2 Å². The second-order valence-electron chi connectivity index (χ2n) is 7.67. The molecule has 30 heavy (non-hydrogen) atoms. The molecule has 1 aliphatic heterocycles. The molecule has 152 valence electrons. The van der Waals surface area contributed by atoms with Gasteiger partial charge in [-0.1, -0.05) is 18.2 Å². The van der Waals surface area contributed by atoms with Crippen LogP contribution in [0.25, 0.3) is 11.4 Å². The lowest BCUT2D eigenvalue weighted by atomic mass is 9.86. The maximum Gasteiger partial charge on any atom is 0.181 e. The van der Waals surface area contributed by atoms with Gasteiger partial charge in [0.15, 0.2) is 11.6 Å². The Morgan fingerprint density at radius 1 is 1.00 bits per heavy atom. The number of hydrogen-bond donors (Lipinski definition) is 2. The molecular formula is C23H24N6O. The summed E-state index contributed by atoms with van der Waals surface area (Å²) in [5, 5.41) is 11.5. The summed E-state index contributed by atoms with van der Waals surface area (Å²) in [6, 6.07) is 18.1. The average molecular weight is 400 g/mol. The zero-order valence-electron chi connectivity index (χ0n) is 16.7. The van der Waals surface area contributed by atoms with Crippen molar-refractivity contribution >= 4 is 5.69 Å². The Kier molecular flexibility index (Phi) is 5.03. The number of rotatable bonds is 6. The lowest BCUT2D eigenvalue weighted by Crippen LogP contribution is -2.47. The minimum atomic E-state index is -0.306. The molecule has 0 aliphatic carbocycles. The van der Waals surface area contributed by atoms with Gasteiger partial charge in [0.1, 0.15) is 5.76 Å². The van der Waals surface area contributed by atoms with E-state index in [0.29, 0.717) is 5.82 Å². The summed E-state index contributed by atoms with van der Waals surface area (Å²) in [6.07, 6.45) is 7.07. The number of nitrogens with one attached hydrogen (secondary N) is 2. The zero-order valence-corrected chi connectivity index (χ0v) is 16.7. The number of anilines is 1. The van der Waals surface area contributed by atoms with E-state index in [1.54, 1.807) is 18.7 Å². The van der Waals surface area contributed by atoms with Gasteiger partial charge in [-0.2, -0.15) is 5.10 Å². The molecule has 5 rings (SSSR count). The number of aromatic amines is 1. The van der Waals surface area contributed by atoms with E-state index in [2.05, 4.69) is 37.5 Å². The van der Waals surface area contributed by atoms with Crippen molar-refractivity contribution in [1.29, 1.82) is 0 Å². The van der Waals surface area contributed by atoms with Gasteiger partial charge in [-0.25, -0.2) is 4.98 Å². The Hall–Kier alpha value is -3.45. The van der Waals surface area contributed by atoms with E-state index in [1.165, 1.54) is 0 Å². The van der Waals surface area contributed by atoms with Gasteiger partial charge >= 0.3 is 0 Å². The number of furan rings is 1.